The van der Waals surface area contributed by atoms with Crippen molar-refractivity contribution in [1.29, 1.82) is 0 Å². The van der Waals surface area contributed by atoms with E-state index in [1.165, 1.54) is 0 Å². The largest absolute Gasteiger partial charge is 0.369 e. The third kappa shape index (κ3) is 2.97. The molecule has 0 bridgehead atoms. The number of carbonyl (C=O) groups excluding carboxylic acids is 2. The van der Waals surface area contributed by atoms with Gasteiger partial charge in [0.15, 0.2) is 0 Å². The first-order valence-electron chi connectivity index (χ1n) is 6.32. The van der Waals surface area contributed by atoms with E-state index in [0.717, 1.165) is 12.8 Å². The summed E-state index contributed by atoms with van der Waals surface area (Å²) in [7, 11) is 0. The highest BCUT2D eigenvalue weighted by Gasteiger charge is 2.36. The molecule has 0 aromatic heterocycles. The monoisotopic (exact) mass is 241 g/mol. The molecule has 1 atom stereocenters. The van der Waals surface area contributed by atoms with Crippen molar-refractivity contribution in [2.45, 2.75) is 45.1 Å². The zero-order valence-corrected chi connectivity index (χ0v) is 10.7. The molecule has 17 heavy (non-hydrogen) atoms. The highest BCUT2D eigenvalue weighted by Crippen LogP contribution is 2.21. The van der Waals surface area contributed by atoms with E-state index in [4.69, 9.17) is 11.5 Å². The Labute approximate surface area is 103 Å². The van der Waals surface area contributed by atoms with Crippen molar-refractivity contribution in [3.63, 3.8) is 0 Å². The maximum atomic E-state index is 12.3. The molecule has 0 radical (unpaired) electrons. The van der Waals surface area contributed by atoms with E-state index in [9.17, 15) is 9.59 Å². The number of hydrogen-bond acceptors (Lipinski definition) is 3. The predicted molar refractivity (Wildman–Crippen MR) is 66.0 cm³/mol. The summed E-state index contributed by atoms with van der Waals surface area (Å²) in [5.41, 5.74) is 10.6. The number of nitrogens with two attached hydrogens (primary N) is 2. The number of primary amides is 1. The summed E-state index contributed by atoms with van der Waals surface area (Å²) in [6.45, 7) is 4.93. The highest BCUT2D eigenvalue weighted by molar-refractivity contribution is 5.87. The van der Waals surface area contributed by atoms with E-state index in [2.05, 4.69) is 0 Å². The van der Waals surface area contributed by atoms with Gasteiger partial charge in [-0.05, 0) is 25.7 Å². The van der Waals surface area contributed by atoms with Gasteiger partial charge < -0.3 is 16.4 Å². The van der Waals surface area contributed by atoms with E-state index in [0.29, 0.717) is 25.9 Å². The molecule has 1 unspecified atom stereocenters. The lowest BCUT2D eigenvalue weighted by Gasteiger charge is -2.37. The highest BCUT2D eigenvalue weighted by atomic mass is 16.2. The summed E-state index contributed by atoms with van der Waals surface area (Å²) in [6, 6.07) is 0. The van der Waals surface area contributed by atoms with Crippen LogP contribution in [0, 0.1) is 5.92 Å². The maximum absolute atomic E-state index is 12.3. The van der Waals surface area contributed by atoms with Crippen molar-refractivity contribution in [3.8, 4) is 0 Å². The number of amides is 2. The number of carbonyl (C=O) groups is 2. The summed E-state index contributed by atoms with van der Waals surface area (Å²) < 4.78 is 0. The zero-order valence-electron chi connectivity index (χ0n) is 10.7. The van der Waals surface area contributed by atoms with Gasteiger partial charge in [-0.2, -0.15) is 0 Å². The molecule has 0 aromatic rings. The molecule has 5 nitrogen and oxygen atoms in total. The van der Waals surface area contributed by atoms with Crippen LogP contribution in [0.3, 0.4) is 0 Å². The smallest absolute Gasteiger partial charge is 0.242 e. The van der Waals surface area contributed by atoms with Crippen LogP contribution in [-0.4, -0.2) is 35.3 Å². The summed E-state index contributed by atoms with van der Waals surface area (Å²) in [5.74, 6) is -0.586. The first-order valence-corrected chi connectivity index (χ1v) is 6.32. The molecule has 4 N–H and O–H groups in total. The Morgan fingerprint density at radius 1 is 1.35 bits per heavy atom. The summed E-state index contributed by atoms with van der Waals surface area (Å²) in [5, 5.41) is 0. The minimum atomic E-state index is -0.792. The van der Waals surface area contributed by atoms with Gasteiger partial charge in [0.1, 0.15) is 0 Å². The van der Waals surface area contributed by atoms with Crippen LogP contribution in [0.1, 0.15) is 39.5 Å². The van der Waals surface area contributed by atoms with Crippen molar-refractivity contribution in [1.82, 2.24) is 4.90 Å². The fraction of sp³-hybridized carbons (Fsp3) is 0.833. The molecule has 0 aromatic carbocycles. The molecule has 0 aliphatic carbocycles. The lowest BCUT2D eigenvalue weighted by Crippen LogP contribution is -2.57. The second-order valence-electron chi connectivity index (χ2n) is 4.86. The molecule has 1 fully saturated rings. The van der Waals surface area contributed by atoms with Gasteiger partial charge in [0.25, 0.3) is 0 Å². The Kier molecular flexibility index (Phi) is 4.51. The van der Waals surface area contributed by atoms with Gasteiger partial charge in [-0.3, -0.25) is 9.59 Å². The first-order chi connectivity index (χ1) is 7.94. The number of rotatable bonds is 4. The molecule has 1 aliphatic rings. The SMILES string of the molecule is CCC(N)(CC)C(=O)N1CCCC(C(N)=O)C1. The average Bonchev–Trinajstić information content (AvgIpc) is 2.37. The molecule has 1 saturated heterocycles. The van der Waals surface area contributed by atoms with E-state index >= 15 is 0 Å². The van der Waals surface area contributed by atoms with Crippen molar-refractivity contribution >= 4 is 11.8 Å². The van der Waals surface area contributed by atoms with E-state index in [-0.39, 0.29) is 17.7 Å². The Morgan fingerprint density at radius 2 is 1.94 bits per heavy atom. The Bertz CT molecular complexity index is 300. The van der Waals surface area contributed by atoms with Crippen LogP contribution in [0.15, 0.2) is 0 Å². The van der Waals surface area contributed by atoms with Crippen LogP contribution >= 0.6 is 0 Å². The molecule has 1 rings (SSSR count). The van der Waals surface area contributed by atoms with Gasteiger partial charge in [0.05, 0.1) is 11.5 Å². The number of piperidine rings is 1. The molecule has 1 aliphatic heterocycles. The van der Waals surface area contributed by atoms with Crippen LogP contribution in [0.2, 0.25) is 0 Å². The standard InChI is InChI=1S/C12H23N3O2/c1-3-12(14,4-2)11(17)15-7-5-6-9(8-15)10(13)16/h9H,3-8,14H2,1-2H3,(H2,13,16). The molecule has 5 heteroatoms. The minimum absolute atomic E-state index is 0.0477. The van der Waals surface area contributed by atoms with Crippen molar-refractivity contribution in [2.75, 3.05) is 13.1 Å². The van der Waals surface area contributed by atoms with Gasteiger partial charge in [-0.15, -0.1) is 0 Å². The first kappa shape index (κ1) is 14.0. The minimum Gasteiger partial charge on any atom is -0.369 e. The Morgan fingerprint density at radius 3 is 2.41 bits per heavy atom. The molecule has 0 spiro atoms. The number of nitrogens with zero attached hydrogens (tertiary/aromatic N) is 1. The zero-order chi connectivity index (χ0) is 13.1. The molecular weight excluding hydrogens is 218 g/mol. The van der Waals surface area contributed by atoms with Crippen LogP contribution in [0.5, 0.6) is 0 Å². The molecule has 1 heterocycles. The third-order valence-corrected chi connectivity index (χ3v) is 3.80. The molecule has 98 valence electrons. The summed E-state index contributed by atoms with van der Waals surface area (Å²) in [4.78, 5) is 25.2. The molecule has 0 saturated carbocycles. The lowest BCUT2D eigenvalue weighted by atomic mass is 9.90. The quantitative estimate of drug-likeness (QED) is 0.738. The molecular formula is C12H23N3O2. The third-order valence-electron chi connectivity index (χ3n) is 3.80. The van der Waals surface area contributed by atoms with E-state index in [1.54, 1.807) is 4.90 Å². The Balaban J connectivity index is 2.72. The van der Waals surface area contributed by atoms with E-state index < -0.39 is 5.54 Å². The summed E-state index contributed by atoms with van der Waals surface area (Å²) >= 11 is 0. The van der Waals surface area contributed by atoms with Crippen LogP contribution in [0.4, 0.5) is 0 Å². The van der Waals surface area contributed by atoms with Crippen molar-refractivity contribution in [2.24, 2.45) is 17.4 Å². The predicted octanol–water partition coefficient (Wildman–Crippen LogP) is 0.228. The van der Waals surface area contributed by atoms with Crippen LogP contribution in [-0.2, 0) is 9.59 Å². The second kappa shape index (κ2) is 5.49. The average molecular weight is 241 g/mol. The Hall–Kier alpha value is -1.10. The van der Waals surface area contributed by atoms with E-state index in [1.807, 2.05) is 13.8 Å². The van der Waals surface area contributed by atoms with Crippen molar-refractivity contribution in [3.05, 3.63) is 0 Å². The second-order valence-corrected chi connectivity index (χ2v) is 4.86. The molecule has 2 amide bonds. The lowest BCUT2D eigenvalue weighted by molar-refractivity contribution is -0.140. The topological polar surface area (TPSA) is 89.4 Å². The normalized spacial score (nSPS) is 21.4. The number of hydrogen-bond donors (Lipinski definition) is 2. The summed E-state index contributed by atoms with van der Waals surface area (Å²) in [6.07, 6.45) is 2.82. The van der Waals surface area contributed by atoms with Crippen LogP contribution in [0.25, 0.3) is 0 Å². The van der Waals surface area contributed by atoms with Gasteiger partial charge in [0, 0.05) is 13.1 Å². The van der Waals surface area contributed by atoms with Crippen LogP contribution < -0.4 is 11.5 Å². The number of likely N-dealkylation sites (tertiary alicyclic amines) is 1. The fourth-order valence-electron chi connectivity index (χ4n) is 2.26. The van der Waals surface area contributed by atoms with Gasteiger partial charge in [-0.25, -0.2) is 0 Å². The van der Waals surface area contributed by atoms with Gasteiger partial charge in [0.2, 0.25) is 11.8 Å². The van der Waals surface area contributed by atoms with Gasteiger partial charge >= 0.3 is 0 Å². The fourth-order valence-corrected chi connectivity index (χ4v) is 2.26. The van der Waals surface area contributed by atoms with Gasteiger partial charge in [-0.1, -0.05) is 13.8 Å². The maximum Gasteiger partial charge on any atom is 0.242 e. The van der Waals surface area contributed by atoms with Crippen molar-refractivity contribution < 1.29 is 9.59 Å².